The fourth-order valence-electron chi connectivity index (χ4n) is 4.27. The lowest BCUT2D eigenvalue weighted by Crippen LogP contribution is -2.64. The molecule has 1 aliphatic heterocycles. The number of carbonyl (C=O) groups is 2. The smallest absolute Gasteiger partial charge is 0.277 e. The molecule has 0 saturated heterocycles. The molecule has 0 saturated carbocycles. The maximum Gasteiger partial charge on any atom is 0.277 e. The van der Waals surface area contributed by atoms with Crippen molar-refractivity contribution in [2.75, 3.05) is 39.4 Å². The molecule has 0 aliphatic carbocycles. The third-order valence-electron chi connectivity index (χ3n) is 6.12. The summed E-state index contributed by atoms with van der Waals surface area (Å²) in [6.07, 6.45) is 0.657. The lowest BCUT2D eigenvalue weighted by atomic mass is 9.93. The van der Waals surface area contributed by atoms with Crippen molar-refractivity contribution in [1.82, 2.24) is 15.1 Å². The van der Waals surface area contributed by atoms with E-state index in [0.717, 1.165) is 5.56 Å². The normalized spacial score (nSPS) is 17.1. The molecule has 2 heterocycles. The summed E-state index contributed by atoms with van der Waals surface area (Å²) >= 11 is 0. The molecule has 0 unspecified atom stereocenters. The molecule has 0 bridgehead atoms. The molecule has 1 atom stereocenters. The molecule has 35 heavy (non-hydrogen) atoms. The van der Waals surface area contributed by atoms with E-state index in [0.29, 0.717) is 48.1 Å². The number of aromatic nitrogens is 2. The number of amides is 2. The Balaban J connectivity index is 1.79. The molecule has 2 aromatic carbocycles. The maximum atomic E-state index is 13.9. The first-order chi connectivity index (χ1) is 16.9. The van der Waals surface area contributed by atoms with Crippen molar-refractivity contribution in [3.63, 3.8) is 0 Å². The van der Waals surface area contributed by atoms with Gasteiger partial charge in [-0.2, -0.15) is 5.10 Å². The SMILES string of the molecule is COCCCNC(=O)[C@@]1(C)Cn2nc(-c3ccccc3)cc2C(=O)N1c1cc(OC)cc(OC)c1. The highest BCUT2D eigenvalue weighted by atomic mass is 16.5. The number of carbonyl (C=O) groups excluding carboxylic acids is 2. The van der Waals surface area contributed by atoms with Gasteiger partial charge in [-0.05, 0) is 19.4 Å². The molecule has 0 spiro atoms. The van der Waals surface area contributed by atoms with Crippen molar-refractivity contribution < 1.29 is 23.8 Å². The zero-order valence-electron chi connectivity index (χ0n) is 20.4. The van der Waals surface area contributed by atoms with Crippen molar-refractivity contribution >= 4 is 17.5 Å². The van der Waals surface area contributed by atoms with E-state index in [9.17, 15) is 9.59 Å². The summed E-state index contributed by atoms with van der Waals surface area (Å²) in [5.74, 6) is 0.403. The van der Waals surface area contributed by atoms with E-state index in [1.54, 1.807) is 57.2 Å². The van der Waals surface area contributed by atoms with Gasteiger partial charge in [-0.1, -0.05) is 30.3 Å². The summed E-state index contributed by atoms with van der Waals surface area (Å²) in [6, 6.07) is 16.6. The molecule has 2 amide bonds. The number of hydrogen-bond donors (Lipinski definition) is 1. The number of hydrogen-bond acceptors (Lipinski definition) is 6. The zero-order chi connectivity index (χ0) is 25.0. The molecule has 1 N–H and O–H groups in total. The van der Waals surface area contributed by atoms with Crippen LogP contribution in [0.5, 0.6) is 11.5 Å². The third kappa shape index (κ3) is 4.72. The van der Waals surface area contributed by atoms with Crippen molar-refractivity contribution in [2.45, 2.75) is 25.4 Å². The van der Waals surface area contributed by atoms with Crippen LogP contribution in [-0.4, -0.2) is 61.6 Å². The molecule has 3 aromatic rings. The van der Waals surface area contributed by atoms with Crippen LogP contribution in [0.2, 0.25) is 0 Å². The number of nitrogens with one attached hydrogen (secondary N) is 1. The van der Waals surface area contributed by atoms with E-state index < -0.39 is 5.54 Å². The fraction of sp³-hybridized carbons (Fsp3) is 0.346. The predicted octanol–water partition coefficient (Wildman–Crippen LogP) is 3.14. The maximum absolute atomic E-state index is 13.9. The number of fused-ring (bicyclic) bond motifs is 1. The highest BCUT2D eigenvalue weighted by molar-refractivity contribution is 6.12. The van der Waals surface area contributed by atoms with Crippen LogP contribution in [0.4, 0.5) is 5.69 Å². The Morgan fingerprint density at radius 3 is 2.37 bits per heavy atom. The van der Waals surface area contributed by atoms with Crippen LogP contribution in [0.1, 0.15) is 23.8 Å². The van der Waals surface area contributed by atoms with Crippen LogP contribution < -0.4 is 19.7 Å². The predicted molar refractivity (Wildman–Crippen MR) is 132 cm³/mol. The van der Waals surface area contributed by atoms with E-state index in [1.807, 2.05) is 30.3 Å². The molecule has 9 nitrogen and oxygen atoms in total. The van der Waals surface area contributed by atoms with Crippen LogP contribution >= 0.6 is 0 Å². The molecule has 1 aromatic heterocycles. The topological polar surface area (TPSA) is 94.9 Å². The van der Waals surface area contributed by atoms with Gasteiger partial charge in [0.15, 0.2) is 0 Å². The number of methoxy groups -OCH3 is 3. The second-order valence-corrected chi connectivity index (χ2v) is 8.53. The van der Waals surface area contributed by atoms with Crippen molar-refractivity contribution in [3.8, 4) is 22.8 Å². The second-order valence-electron chi connectivity index (χ2n) is 8.53. The van der Waals surface area contributed by atoms with Crippen LogP contribution in [-0.2, 0) is 16.1 Å². The molecule has 1 aliphatic rings. The quantitative estimate of drug-likeness (QED) is 0.475. The zero-order valence-corrected chi connectivity index (χ0v) is 20.4. The Morgan fingerprint density at radius 1 is 1.06 bits per heavy atom. The van der Waals surface area contributed by atoms with E-state index in [-0.39, 0.29) is 18.4 Å². The summed E-state index contributed by atoms with van der Waals surface area (Å²) in [5.41, 5.74) is 1.20. The summed E-state index contributed by atoms with van der Waals surface area (Å²) in [6.45, 7) is 2.87. The van der Waals surface area contributed by atoms with Crippen LogP contribution in [0.25, 0.3) is 11.3 Å². The Labute approximate surface area is 204 Å². The summed E-state index contributed by atoms with van der Waals surface area (Å²) in [7, 11) is 4.70. The molecule has 4 rings (SSSR count). The van der Waals surface area contributed by atoms with Gasteiger partial charge in [0.05, 0.1) is 32.1 Å². The minimum atomic E-state index is -1.26. The van der Waals surface area contributed by atoms with Gasteiger partial charge in [0.1, 0.15) is 22.7 Å². The average Bonchev–Trinajstić information content (AvgIpc) is 3.30. The van der Waals surface area contributed by atoms with E-state index in [2.05, 4.69) is 10.4 Å². The molecular weight excluding hydrogens is 448 g/mol. The highest BCUT2D eigenvalue weighted by Gasteiger charge is 2.49. The van der Waals surface area contributed by atoms with Gasteiger partial charge in [0.25, 0.3) is 5.91 Å². The minimum absolute atomic E-state index is 0.177. The van der Waals surface area contributed by atoms with Gasteiger partial charge in [-0.3, -0.25) is 19.2 Å². The van der Waals surface area contributed by atoms with Crippen molar-refractivity contribution in [3.05, 3.63) is 60.3 Å². The van der Waals surface area contributed by atoms with E-state index >= 15 is 0 Å². The fourth-order valence-corrected chi connectivity index (χ4v) is 4.27. The lowest BCUT2D eigenvalue weighted by molar-refractivity contribution is -0.126. The second kappa shape index (κ2) is 10.2. The molecular formula is C26H30N4O5. The minimum Gasteiger partial charge on any atom is -0.497 e. The van der Waals surface area contributed by atoms with Gasteiger partial charge in [0.2, 0.25) is 5.91 Å². The number of ether oxygens (including phenoxy) is 3. The van der Waals surface area contributed by atoms with Crippen molar-refractivity contribution in [2.24, 2.45) is 0 Å². The van der Waals surface area contributed by atoms with Gasteiger partial charge in [0, 0.05) is 44.0 Å². The number of rotatable bonds is 9. The molecule has 9 heteroatoms. The number of benzene rings is 2. The Bertz CT molecular complexity index is 1190. The van der Waals surface area contributed by atoms with Crippen LogP contribution in [0.15, 0.2) is 54.6 Å². The summed E-state index contributed by atoms with van der Waals surface area (Å²) in [4.78, 5) is 29.0. The number of anilines is 1. The van der Waals surface area contributed by atoms with E-state index in [1.165, 1.54) is 4.90 Å². The van der Waals surface area contributed by atoms with Gasteiger partial charge in [-0.15, -0.1) is 0 Å². The summed E-state index contributed by atoms with van der Waals surface area (Å²) in [5, 5.41) is 7.63. The first-order valence-corrected chi connectivity index (χ1v) is 11.4. The largest absolute Gasteiger partial charge is 0.497 e. The first kappa shape index (κ1) is 24.3. The summed E-state index contributed by atoms with van der Waals surface area (Å²) < 4.78 is 17.6. The van der Waals surface area contributed by atoms with Crippen molar-refractivity contribution in [1.29, 1.82) is 0 Å². The van der Waals surface area contributed by atoms with E-state index in [4.69, 9.17) is 14.2 Å². The van der Waals surface area contributed by atoms with Crippen LogP contribution in [0, 0.1) is 0 Å². The Morgan fingerprint density at radius 2 is 1.74 bits per heavy atom. The molecule has 184 valence electrons. The third-order valence-corrected chi connectivity index (χ3v) is 6.12. The van der Waals surface area contributed by atoms with Crippen LogP contribution in [0.3, 0.4) is 0 Å². The average molecular weight is 479 g/mol. The van der Waals surface area contributed by atoms with Gasteiger partial charge < -0.3 is 19.5 Å². The van der Waals surface area contributed by atoms with Gasteiger partial charge in [-0.25, -0.2) is 0 Å². The Kier molecular flexibility index (Phi) is 7.07. The molecule has 0 fully saturated rings. The first-order valence-electron chi connectivity index (χ1n) is 11.4. The number of nitrogens with zero attached hydrogens (tertiary/aromatic N) is 3. The lowest BCUT2D eigenvalue weighted by Gasteiger charge is -2.43. The Hall–Kier alpha value is -3.85. The molecule has 0 radical (unpaired) electrons. The van der Waals surface area contributed by atoms with Gasteiger partial charge >= 0.3 is 0 Å². The highest BCUT2D eigenvalue weighted by Crippen LogP contribution is 2.37. The monoisotopic (exact) mass is 478 g/mol. The standard InChI is InChI=1S/C26H30N4O5/c1-26(25(32)27-11-8-12-33-2)17-29-23(16-22(28-29)18-9-6-5-7-10-18)24(31)30(26)19-13-20(34-3)15-21(14-19)35-4/h5-7,9-10,13-16H,8,11-12,17H2,1-4H3,(H,27,32)/t26-/m1/s1.